The predicted octanol–water partition coefficient (Wildman–Crippen LogP) is 3.35. The molecular weight excluding hydrogens is 307 g/mol. The van der Waals surface area contributed by atoms with E-state index in [1.165, 1.54) is 24.3 Å². The molecular formula is C16H14F3N3O. The van der Waals surface area contributed by atoms with Gasteiger partial charge >= 0.3 is 6.18 Å². The Morgan fingerprint density at radius 3 is 2.43 bits per heavy atom. The molecule has 0 radical (unpaired) electrons. The van der Waals surface area contributed by atoms with Gasteiger partial charge < -0.3 is 9.75 Å². The van der Waals surface area contributed by atoms with E-state index in [0.717, 1.165) is 11.6 Å². The van der Waals surface area contributed by atoms with Crippen molar-refractivity contribution in [3.63, 3.8) is 0 Å². The van der Waals surface area contributed by atoms with E-state index in [4.69, 9.17) is 4.74 Å². The van der Waals surface area contributed by atoms with Gasteiger partial charge in [0.1, 0.15) is 0 Å². The second kappa shape index (κ2) is 5.58. The summed E-state index contributed by atoms with van der Waals surface area (Å²) in [6.45, 7) is 0. The summed E-state index contributed by atoms with van der Waals surface area (Å²) >= 11 is 0. The van der Waals surface area contributed by atoms with Gasteiger partial charge in [0.2, 0.25) is 5.88 Å². The van der Waals surface area contributed by atoms with Gasteiger partial charge in [-0.2, -0.15) is 18.6 Å². The third kappa shape index (κ3) is 3.00. The Balaban J connectivity index is 1.92. The molecule has 0 aliphatic carbocycles. The van der Waals surface area contributed by atoms with Crippen molar-refractivity contribution in [3.05, 3.63) is 60.8 Å². The molecule has 1 unspecified atom stereocenters. The van der Waals surface area contributed by atoms with Crippen molar-refractivity contribution in [2.45, 2.75) is 11.9 Å². The number of rotatable bonds is 3. The van der Waals surface area contributed by atoms with Crippen molar-refractivity contribution in [3.8, 4) is 17.1 Å². The Bertz CT molecular complexity index is 718. The highest BCUT2D eigenvalue weighted by atomic mass is 19.4. The van der Waals surface area contributed by atoms with E-state index in [2.05, 4.69) is 10.4 Å². The summed E-state index contributed by atoms with van der Waals surface area (Å²) in [6.07, 6.45) is -2.46. The zero-order valence-corrected chi connectivity index (χ0v) is 12.2. The van der Waals surface area contributed by atoms with Crippen molar-refractivity contribution in [2.24, 2.45) is 0 Å². The van der Waals surface area contributed by atoms with E-state index in [1.54, 1.807) is 12.1 Å². The van der Waals surface area contributed by atoms with Gasteiger partial charge in [0.05, 0.1) is 5.69 Å². The molecule has 120 valence electrons. The second-order valence-corrected chi connectivity index (χ2v) is 5.10. The minimum atomic E-state index is -4.64. The predicted molar refractivity (Wildman–Crippen MR) is 79.1 cm³/mol. The summed E-state index contributed by atoms with van der Waals surface area (Å²) in [7, 11) is 1.46. The molecule has 23 heavy (non-hydrogen) atoms. The third-order valence-corrected chi connectivity index (χ3v) is 3.36. The fraction of sp³-hybridized carbons (Fsp3) is 0.188. The highest BCUT2D eigenvalue weighted by Crippen LogP contribution is 2.36. The lowest BCUT2D eigenvalue weighted by molar-refractivity contribution is -0.247. The van der Waals surface area contributed by atoms with E-state index in [9.17, 15) is 13.2 Å². The van der Waals surface area contributed by atoms with Crippen LogP contribution in [0.2, 0.25) is 0 Å². The first-order chi connectivity index (χ1) is 10.9. The van der Waals surface area contributed by atoms with Crippen molar-refractivity contribution in [1.82, 2.24) is 15.4 Å². The second-order valence-electron chi connectivity index (χ2n) is 5.10. The molecule has 3 rings (SSSR count). The summed E-state index contributed by atoms with van der Waals surface area (Å²) in [5.74, 6) is -0.115. The van der Waals surface area contributed by atoms with E-state index in [1.807, 2.05) is 30.3 Å². The molecule has 1 aliphatic heterocycles. The van der Waals surface area contributed by atoms with Crippen LogP contribution in [-0.4, -0.2) is 28.9 Å². The minimum Gasteiger partial charge on any atom is -0.441 e. The lowest BCUT2D eigenvalue weighted by Crippen LogP contribution is -2.60. The molecule has 2 aromatic rings. The van der Waals surface area contributed by atoms with Crippen LogP contribution in [0.1, 0.15) is 0 Å². The summed E-state index contributed by atoms with van der Waals surface area (Å²) in [5, 5.41) is 1.19. The van der Waals surface area contributed by atoms with Gasteiger partial charge in [-0.25, -0.2) is 4.98 Å². The number of benzene rings is 1. The van der Waals surface area contributed by atoms with Crippen LogP contribution in [0.25, 0.3) is 11.3 Å². The number of nitrogens with one attached hydrogen (secondary N) is 1. The third-order valence-electron chi connectivity index (χ3n) is 3.36. The van der Waals surface area contributed by atoms with Crippen LogP contribution < -0.4 is 10.2 Å². The first kappa shape index (κ1) is 15.4. The maximum Gasteiger partial charge on any atom is 0.448 e. The van der Waals surface area contributed by atoms with Crippen molar-refractivity contribution >= 4 is 0 Å². The lowest BCUT2D eigenvalue weighted by atomic mass is 10.1. The number of ether oxygens (including phenoxy) is 1. The minimum absolute atomic E-state index is 0.115. The number of hydrazine groups is 1. The number of hydrogen-bond donors (Lipinski definition) is 1. The quantitative estimate of drug-likeness (QED) is 0.941. The smallest absolute Gasteiger partial charge is 0.441 e. The van der Waals surface area contributed by atoms with Crippen molar-refractivity contribution in [2.75, 3.05) is 7.05 Å². The average Bonchev–Trinajstić information content (AvgIpc) is 2.90. The largest absolute Gasteiger partial charge is 0.448 e. The van der Waals surface area contributed by atoms with Gasteiger partial charge in [0.15, 0.2) is 0 Å². The monoisotopic (exact) mass is 321 g/mol. The van der Waals surface area contributed by atoms with Crippen molar-refractivity contribution < 1.29 is 17.9 Å². The standard InChI is InChI=1S/C16H14F3N3O/c1-22-11-10-15(21-22,16(17,18)19)23-14-9-5-8-13(20-14)12-6-3-2-4-7-12/h2-11,21H,1H3. The highest BCUT2D eigenvalue weighted by Gasteiger charge is 2.59. The fourth-order valence-corrected chi connectivity index (χ4v) is 2.23. The molecule has 7 heteroatoms. The summed E-state index contributed by atoms with van der Waals surface area (Å²) in [4.78, 5) is 4.18. The van der Waals surface area contributed by atoms with Crippen LogP contribution in [0.4, 0.5) is 13.2 Å². The number of alkyl halides is 3. The van der Waals surface area contributed by atoms with Gasteiger partial charge in [-0.3, -0.25) is 0 Å². The maximum absolute atomic E-state index is 13.4. The van der Waals surface area contributed by atoms with Gasteiger partial charge in [0.25, 0.3) is 5.72 Å². The SMILES string of the molecule is CN1C=CC(Oc2cccc(-c3ccccc3)n2)(C(F)(F)F)N1. The van der Waals surface area contributed by atoms with Gasteiger partial charge in [-0.15, -0.1) is 0 Å². The van der Waals surface area contributed by atoms with Crippen LogP contribution in [-0.2, 0) is 0 Å². The van der Waals surface area contributed by atoms with Gasteiger partial charge in [-0.1, -0.05) is 36.4 Å². The molecule has 0 amide bonds. The highest BCUT2D eigenvalue weighted by molar-refractivity contribution is 5.59. The Labute approximate surface area is 131 Å². The summed E-state index contributed by atoms with van der Waals surface area (Å²) < 4.78 is 45.4. The molecule has 1 aliphatic rings. The molecule has 1 N–H and O–H groups in total. The molecule has 0 fully saturated rings. The van der Waals surface area contributed by atoms with E-state index < -0.39 is 11.9 Å². The first-order valence-corrected chi connectivity index (χ1v) is 6.88. The number of hydrogen-bond acceptors (Lipinski definition) is 4. The Morgan fingerprint density at radius 2 is 1.83 bits per heavy atom. The van der Waals surface area contributed by atoms with Crippen LogP contribution in [0.15, 0.2) is 60.8 Å². The topological polar surface area (TPSA) is 37.4 Å². The van der Waals surface area contributed by atoms with E-state index in [0.29, 0.717) is 5.69 Å². The Hall–Kier alpha value is -2.54. The van der Waals surface area contributed by atoms with Crippen LogP contribution in [0.5, 0.6) is 5.88 Å². The zero-order chi connectivity index (χ0) is 16.5. The molecule has 0 saturated heterocycles. The van der Waals surface area contributed by atoms with Crippen molar-refractivity contribution in [1.29, 1.82) is 0 Å². The Morgan fingerprint density at radius 1 is 1.09 bits per heavy atom. The van der Waals surface area contributed by atoms with Crippen LogP contribution >= 0.6 is 0 Å². The Kier molecular flexibility index (Phi) is 3.73. The first-order valence-electron chi connectivity index (χ1n) is 6.88. The molecule has 1 aromatic heterocycles. The molecule has 1 atom stereocenters. The molecule has 1 aromatic carbocycles. The molecule has 4 nitrogen and oxygen atoms in total. The maximum atomic E-state index is 13.4. The molecule has 0 saturated carbocycles. The van der Waals surface area contributed by atoms with E-state index in [-0.39, 0.29) is 5.88 Å². The average molecular weight is 321 g/mol. The van der Waals surface area contributed by atoms with Gasteiger partial charge in [0, 0.05) is 31.0 Å². The normalized spacial score (nSPS) is 20.8. The molecule has 2 heterocycles. The number of pyridine rings is 1. The van der Waals surface area contributed by atoms with Crippen LogP contribution in [0.3, 0.4) is 0 Å². The number of aromatic nitrogens is 1. The van der Waals surface area contributed by atoms with Crippen LogP contribution in [0, 0.1) is 0 Å². The molecule has 0 spiro atoms. The lowest BCUT2D eigenvalue weighted by Gasteiger charge is -2.31. The number of halogens is 3. The molecule has 0 bridgehead atoms. The van der Waals surface area contributed by atoms with E-state index >= 15 is 0 Å². The zero-order valence-electron chi connectivity index (χ0n) is 12.2. The summed E-state index contributed by atoms with van der Waals surface area (Å²) in [5.41, 5.74) is 0.964. The fourth-order valence-electron chi connectivity index (χ4n) is 2.23. The summed E-state index contributed by atoms with van der Waals surface area (Å²) in [6, 6.07) is 13.9. The van der Waals surface area contributed by atoms with Gasteiger partial charge in [-0.05, 0) is 6.07 Å². The number of nitrogens with zero attached hydrogens (tertiary/aromatic N) is 2.